The zero-order valence-electron chi connectivity index (χ0n) is 10.2. The lowest BCUT2D eigenvalue weighted by molar-refractivity contribution is 0.416. The van der Waals surface area contributed by atoms with Crippen LogP contribution in [0.5, 0.6) is 5.75 Å². The molecule has 0 aliphatic heterocycles. The lowest BCUT2D eigenvalue weighted by Crippen LogP contribution is -1.87. The van der Waals surface area contributed by atoms with Gasteiger partial charge in [-0.05, 0) is 29.8 Å². The number of ether oxygens (including phenoxy) is 1. The average Bonchev–Trinajstić information content (AvgIpc) is 2.46. The number of para-hydroxylation sites is 1. The van der Waals surface area contributed by atoms with E-state index >= 15 is 0 Å². The third kappa shape index (κ3) is 1.82. The first-order chi connectivity index (χ1) is 9.33. The Morgan fingerprint density at radius 3 is 2.79 bits per heavy atom. The summed E-state index contributed by atoms with van der Waals surface area (Å²) in [6, 6.07) is 13.4. The van der Waals surface area contributed by atoms with Crippen molar-refractivity contribution in [1.29, 1.82) is 0 Å². The first-order valence-electron chi connectivity index (χ1n) is 5.75. The summed E-state index contributed by atoms with van der Waals surface area (Å²) in [5.41, 5.74) is 10.9. The highest BCUT2D eigenvalue weighted by Crippen LogP contribution is 2.36. The fraction of sp³-hybridized carbons (Fsp3) is 0.0714. The van der Waals surface area contributed by atoms with Crippen molar-refractivity contribution in [2.75, 3.05) is 7.11 Å². The maximum atomic E-state index is 8.69. The molecule has 0 fully saturated rings. The zero-order chi connectivity index (χ0) is 13.2. The molecule has 0 aliphatic carbocycles. The van der Waals surface area contributed by atoms with Crippen molar-refractivity contribution in [1.82, 2.24) is 4.98 Å². The molecule has 1 heterocycles. The van der Waals surface area contributed by atoms with Crippen molar-refractivity contribution in [3.05, 3.63) is 52.9 Å². The van der Waals surface area contributed by atoms with Crippen LogP contribution in [0.15, 0.2) is 47.6 Å². The molecular weight excluding hydrogens is 240 g/mol. The van der Waals surface area contributed by atoms with Gasteiger partial charge in [0, 0.05) is 15.7 Å². The van der Waals surface area contributed by atoms with Crippen molar-refractivity contribution in [3.8, 4) is 5.75 Å². The van der Waals surface area contributed by atoms with Crippen molar-refractivity contribution in [3.63, 3.8) is 0 Å². The van der Waals surface area contributed by atoms with Gasteiger partial charge in [-0.25, -0.2) is 4.98 Å². The Balaban J connectivity index is 2.46. The summed E-state index contributed by atoms with van der Waals surface area (Å²) in [7, 11) is 1.55. The van der Waals surface area contributed by atoms with Crippen molar-refractivity contribution in [2.24, 2.45) is 5.11 Å². The van der Waals surface area contributed by atoms with Crippen LogP contribution in [0, 0.1) is 0 Å². The molecule has 0 spiro atoms. The Labute approximate surface area is 109 Å². The second kappa shape index (κ2) is 4.48. The minimum Gasteiger partial charge on any atom is -0.496 e. The summed E-state index contributed by atoms with van der Waals surface area (Å²) < 4.78 is 5.23. The number of hydrogen-bond acceptors (Lipinski definition) is 3. The normalized spacial score (nSPS) is 10.4. The van der Waals surface area contributed by atoms with Crippen molar-refractivity contribution < 1.29 is 4.74 Å². The van der Waals surface area contributed by atoms with Crippen LogP contribution in [-0.4, -0.2) is 12.1 Å². The number of azide groups is 1. The molecule has 0 N–H and O–H groups in total. The molecule has 92 valence electrons. The Morgan fingerprint density at radius 1 is 1.16 bits per heavy atom. The predicted molar refractivity (Wildman–Crippen MR) is 74.6 cm³/mol. The smallest absolute Gasteiger partial charge is 0.129 e. The highest BCUT2D eigenvalue weighted by molar-refractivity contribution is 6.00. The standard InChI is InChI=1S/C14H10N4O/c1-19-13-7-6-12-10(14(13)17-18-15)8-9-4-2-3-5-11(9)16-12/h2-8H,1H3. The van der Waals surface area contributed by atoms with Crippen molar-refractivity contribution >= 4 is 27.5 Å². The minimum atomic E-state index is 0.473. The Morgan fingerprint density at radius 2 is 2.00 bits per heavy atom. The summed E-state index contributed by atoms with van der Waals surface area (Å²) in [6.07, 6.45) is 0. The Bertz CT molecular complexity index is 822. The van der Waals surface area contributed by atoms with Crippen LogP contribution in [0.4, 0.5) is 5.69 Å². The number of nitrogens with zero attached hydrogens (tertiary/aromatic N) is 4. The number of methoxy groups -OCH3 is 1. The number of aromatic nitrogens is 1. The highest BCUT2D eigenvalue weighted by atomic mass is 16.5. The van der Waals surface area contributed by atoms with Crippen LogP contribution in [0.3, 0.4) is 0 Å². The molecule has 0 radical (unpaired) electrons. The lowest BCUT2D eigenvalue weighted by atomic mass is 10.1. The van der Waals surface area contributed by atoms with Gasteiger partial charge >= 0.3 is 0 Å². The molecule has 1 aromatic heterocycles. The molecule has 2 aromatic carbocycles. The molecule has 5 nitrogen and oxygen atoms in total. The van der Waals surface area contributed by atoms with E-state index in [1.54, 1.807) is 13.2 Å². The van der Waals surface area contributed by atoms with Gasteiger partial charge in [0.25, 0.3) is 0 Å². The number of rotatable bonds is 2. The number of hydrogen-bond donors (Lipinski definition) is 0. The molecule has 0 atom stereocenters. The fourth-order valence-corrected chi connectivity index (χ4v) is 2.13. The van der Waals surface area contributed by atoms with Gasteiger partial charge in [0.15, 0.2) is 0 Å². The largest absolute Gasteiger partial charge is 0.496 e. The third-order valence-corrected chi connectivity index (χ3v) is 3.00. The van der Waals surface area contributed by atoms with E-state index in [1.165, 1.54) is 0 Å². The first kappa shape index (κ1) is 11.3. The van der Waals surface area contributed by atoms with Crippen molar-refractivity contribution in [2.45, 2.75) is 0 Å². The van der Waals surface area contributed by atoms with E-state index in [1.807, 2.05) is 36.4 Å². The van der Waals surface area contributed by atoms with E-state index < -0.39 is 0 Å². The number of fused-ring (bicyclic) bond motifs is 2. The average molecular weight is 250 g/mol. The molecule has 0 aliphatic rings. The maximum Gasteiger partial charge on any atom is 0.129 e. The van der Waals surface area contributed by atoms with Gasteiger partial charge in [-0.15, -0.1) is 0 Å². The summed E-state index contributed by atoms with van der Waals surface area (Å²) in [5.74, 6) is 0.544. The quantitative estimate of drug-likeness (QED) is 0.294. The molecule has 19 heavy (non-hydrogen) atoms. The van der Waals surface area contributed by atoms with E-state index in [0.29, 0.717) is 11.4 Å². The first-order valence-corrected chi connectivity index (χ1v) is 5.75. The Hall–Kier alpha value is -2.78. The van der Waals surface area contributed by atoms with E-state index in [4.69, 9.17) is 10.3 Å². The summed E-state index contributed by atoms with van der Waals surface area (Å²) >= 11 is 0. The third-order valence-electron chi connectivity index (χ3n) is 3.00. The van der Waals surface area contributed by atoms with Gasteiger partial charge in [0.1, 0.15) is 5.75 Å². The highest BCUT2D eigenvalue weighted by Gasteiger charge is 2.08. The summed E-state index contributed by atoms with van der Waals surface area (Å²) in [6.45, 7) is 0. The lowest BCUT2D eigenvalue weighted by Gasteiger charge is -2.08. The van der Waals surface area contributed by atoms with E-state index in [-0.39, 0.29) is 0 Å². The monoisotopic (exact) mass is 250 g/mol. The Kier molecular flexibility index (Phi) is 2.67. The molecule has 0 bridgehead atoms. The van der Waals surface area contributed by atoms with Gasteiger partial charge in [0.05, 0.1) is 23.8 Å². The minimum absolute atomic E-state index is 0.473. The van der Waals surface area contributed by atoms with Gasteiger partial charge in [0.2, 0.25) is 0 Å². The fourth-order valence-electron chi connectivity index (χ4n) is 2.13. The van der Waals surface area contributed by atoms with Crippen LogP contribution in [0.25, 0.3) is 32.2 Å². The van der Waals surface area contributed by atoms with Crippen LogP contribution in [-0.2, 0) is 0 Å². The second-order valence-electron chi connectivity index (χ2n) is 4.05. The van der Waals surface area contributed by atoms with Gasteiger partial charge in [-0.2, -0.15) is 0 Å². The molecule has 0 saturated carbocycles. The molecule has 3 rings (SSSR count). The zero-order valence-corrected chi connectivity index (χ0v) is 10.2. The molecular formula is C14H10N4O. The summed E-state index contributed by atoms with van der Waals surface area (Å²) in [5, 5.41) is 5.51. The van der Waals surface area contributed by atoms with E-state index in [9.17, 15) is 0 Å². The van der Waals surface area contributed by atoms with Gasteiger partial charge < -0.3 is 4.74 Å². The number of benzene rings is 2. The molecule has 5 heteroatoms. The predicted octanol–water partition coefficient (Wildman–Crippen LogP) is 4.34. The second-order valence-corrected chi connectivity index (χ2v) is 4.05. The SMILES string of the molecule is COc1ccc2nc3ccccc3cc2c1N=[N+]=[N-]. The van der Waals surface area contributed by atoms with Gasteiger partial charge in [-0.3, -0.25) is 0 Å². The molecule has 3 aromatic rings. The molecule has 0 unspecified atom stereocenters. The summed E-state index contributed by atoms with van der Waals surface area (Å²) in [4.78, 5) is 7.42. The molecule has 0 amide bonds. The molecule has 0 saturated heterocycles. The van der Waals surface area contributed by atoms with Gasteiger partial charge in [-0.1, -0.05) is 23.3 Å². The van der Waals surface area contributed by atoms with Crippen LogP contribution >= 0.6 is 0 Å². The van der Waals surface area contributed by atoms with E-state index in [0.717, 1.165) is 21.8 Å². The topological polar surface area (TPSA) is 70.9 Å². The van der Waals surface area contributed by atoms with Crippen LogP contribution < -0.4 is 4.74 Å². The maximum absolute atomic E-state index is 8.69. The number of pyridine rings is 1. The van der Waals surface area contributed by atoms with E-state index in [2.05, 4.69) is 15.0 Å². The van der Waals surface area contributed by atoms with Crippen LogP contribution in [0.1, 0.15) is 0 Å². The van der Waals surface area contributed by atoms with Crippen LogP contribution in [0.2, 0.25) is 0 Å².